The molecule has 2 atom stereocenters. The monoisotopic (exact) mass is 287 g/mol. The molecule has 1 fully saturated rings. The fraction of sp³-hybridized carbons (Fsp3) is 0.462. The van der Waals surface area contributed by atoms with Crippen LogP contribution in [0.4, 0.5) is 0 Å². The number of aliphatic hydroxyl groups is 1. The average Bonchev–Trinajstić information content (AvgIpc) is 2.74. The molecule has 1 aromatic rings. The number of nitrogens with zero attached hydrogens (tertiary/aromatic N) is 1. The SMILES string of the molecule is CC(C(=O)c1ccc(Cl)cc1Cl)N1CCC(O)C1. The number of ketones is 1. The Kier molecular flexibility index (Phi) is 4.28. The summed E-state index contributed by atoms with van der Waals surface area (Å²) in [5, 5.41) is 10.4. The predicted octanol–water partition coefficient (Wildman–Crippen LogP) is 2.63. The Morgan fingerprint density at radius 3 is 2.78 bits per heavy atom. The molecule has 1 heterocycles. The molecule has 0 amide bonds. The maximum absolute atomic E-state index is 12.3. The number of halogens is 2. The highest BCUT2D eigenvalue weighted by molar-refractivity contribution is 6.37. The van der Waals surface area contributed by atoms with Crippen molar-refractivity contribution in [1.29, 1.82) is 0 Å². The van der Waals surface area contributed by atoms with Crippen LogP contribution in [0.5, 0.6) is 0 Å². The highest BCUT2D eigenvalue weighted by Gasteiger charge is 2.29. The van der Waals surface area contributed by atoms with Crippen molar-refractivity contribution in [2.24, 2.45) is 0 Å². The zero-order valence-electron chi connectivity index (χ0n) is 10.1. The highest BCUT2D eigenvalue weighted by atomic mass is 35.5. The van der Waals surface area contributed by atoms with Crippen LogP contribution in [0.15, 0.2) is 18.2 Å². The summed E-state index contributed by atoms with van der Waals surface area (Å²) in [6.07, 6.45) is 0.382. The summed E-state index contributed by atoms with van der Waals surface area (Å²) in [5.74, 6) is -0.0363. The number of β-amino-alcohol motifs (C(OH)–C–C–N with tert-alkyl or cyclic N) is 1. The van der Waals surface area contributed by atoms with E-state index in [0.717, 1.165) is 6.54 Å². The van der Waals surface area contributed by atoms with Gasteiger partial charge in [-0.15, -0.1) is 0 Å². The van der Waals surface area contributed by atoms with E-state index in [-0.39, 0.29) is 17.9 Å². The fourth-order valence-electron chi connectivity index (χ4n) is 2.20. The Morgan fingerprint density at radius 2 is 2.22 bits per heavy atom. The molecule has 5 heteroatoms. The van der Waals surface area contributed by atoms with Gasteiger partial charge in [0.05, 0.1) is 17.2 Å². The smallest absolute Gasteiger partial charge is 0.181 e. The molecule has 0 bridgehead atoms. The van der Waals surface area contributed by atoms with Crippen molar-refractivity contribution in [2.75, 3.05) is 13.1 Å². The number of benzene rings is 1. The van der Waals surface area contributed by atoms with E-state index in [4.69, 9.17) is 23.2 Å². The molecule has 1 aliphatic rings. The van der Waals surface area contributed by atoms with Crippen LogP contribution in [0.3, 0.4) is 0 Å². The van der Waals surface area contributed by atoms with Crippen LogP contribution in [0.25, 0.3) is 0 Å². The van der Waals surface area contributed by atoms with Gasteiger partial charge in [-0.2, -0.15) is 0 Å². The number of carbonyl (C=O) groups is 1. The quantitative estimate of drug-likeness (QED) is 0.869. The fourth-order valence-corrected chi connectivity index (χ4v) is 2.70. The zero-order chi connectivity index (χ0) is 13.3. The van der Waals surface area contributed by atoms with Gasteiger partial charge in [0.15, 0.2) is 5.78 Å². The lowest BCUT2D eigenvalue weighted by Crippen LogP contribution is -2.38. The van der Waals surface area contributed by atoms with E-state index in [9.17, 15) is 9.90 Å². The van der Waals surface area contributed by atoms with Gasteiger partial charge in [-0.1, -0.05) is 23.2 Å². The van der Waals surface area contributed by atoms with Gasteiger partial charge in [0.1, 0.15) is 0 Å². The number of rotatable bonds is 3. The molecule has 0 radical (unpaired) electrons. The van der Waals surface area contributed by atoms with Crippen LogP contribution in [0, 0.1) is 0 Å². The van der Waals surface area contributed by atoms with E-state index >= 15 is 0 Å². The number of hydrogen-bond donors (Lipinski definition) is 1. The third-order valence-electron chi connectivity index (χ3n) is 3.32. The molecule has 0 saturated carbocycles. The summed E-state index contributed by atoms with van der Waals surface area (Å²) in [6.45, 7) is 3.11. The van der Waals surface area contributed by atoms with Gasteiger partial charge in [0.2, 0.25) is 0 Å². The summed E-state index contributed by atoms with van der Waals surface area (Å²) >= 11 is 11.8. The largest absolute Gasteiger partial charge is 0.392 e. The number of hydrogen-bond acceptors (Lipinski definition) is 3. The first-order valence-electron chi connectivity index (χ1n) is 5.90. The molecule has 3 nitrogen and oxygen atoms in total. The van der Waals surface area contributed by atoms with E-state index in [1.54, 1.807) is 18.2 Å². The van der Waals surface area contributed by atoms with Crippen LogP contribution in [-0.2, 0) is 0 Å². The molecular formula is C13H15Cl2NO2. The number of carbonyl (C=O) groups excluding carboxylic acids is 1. The minimum atomic E-state index is -0.332. The molecule has 98 valence electrons. The second-order valence-corrected chi connectivity index (χ2v) is 5.45. The number of likely N-dealkylation sites (tertiary alicyclic amines) is 1. The lowest BCUT2D eigenvalue weighted by Gasteiger charge is -2.22. The van der Waals surface area contributed by atoms with Crippen LogP contribution in [0.2, 0.25) is 10.0 Å². The molecular weight excluding hydrogens is 273 g/mol. The topological polar surface area (TPSA) is 40.5 Å². The minimum absolute atomic E-state index is 0.0363. The first kappa shape index (κ1) is 13.8. The van der Waals surface area contributed by atoms with Crippen molar-refractivity contribution in [2.45, 2.75) is 25.5 Å². The molecule has 2 unspecified atom stereocenters. The number of aliphatic hydroxyl groups excluding tert-OH is 1. The van der Waals surface area contributed by atoms with Gasteiger partial charge in [0.25, 0.3) is 0 Å². The summed E-state index contributed by atoms with van der Waals surface area (Å²) < 4.78 is 0. The maximum Gasteiger partial charge on any atom is 0.181 e. The molecule has 0 aromatic heterocycles. The van der Waals surface area contributed by atoms with E-state index < -0.39 is 0 Å². The van der Waals surface area contributed by atoms with E-state index in [2.05, 4.69) is 0 Å². The summed E-state index contributed by atoms with van der Waals surface area (Å²) in [7, 11) is 0. The van der Waals surface area contributed by atoms with Gasteiger partial charge in [-0.25, -0.2) is 0 Å². The molecule has 18 heavy (non-hydrogen) atoms. The van der Waals surface area contributed by atoms with E-state index in [1.165, 1.54) is 0 Å². The normalized spacial score (nSPS) is 22.1. The van der Waals surface area contributed by atoms with E-state index in [0.29, 0.717) is 28.6 Å². The molecule has 0 spiro atoms. The standard InChI is InChI=1S/C13H15Cl2NO2/c1-8(16-5-4-10(17)7-16)13(18)11-3-2-9(14)6-12(11)15/h2-3,6,8,10,17H,4-5,7H2,1H3. The summed E-state index contributed by atoms with van der Waals surface area (Å²) in [6, 6.07) is 4.60. The molecule has 1 aliphatic heterocycles. The second-order valence-electron chi connectivity index (χ2n) is 4.60. The van der Waals surface area contributed by atoms with Gasteiger partial charge < -0.3 is 5.11 Å². The van der Waals surface area contributed by atoms with Crippen LogP contribution in [-0.4, -0.2) is 41.0 Å². The van der Waals surface area contributed by atoms with Gasteiger partial charge >= 0.3 is 0 Å². The first-order valence-corrected chi connectivity index (χ1v) is 6.66. The molecule has 1 N–H and O–H groups in total. The first-order chi connectivity index (χ1) is 8.49. The van der Waals surface area contributed by atoms with Crippen molar-refractivity contribution < 1.29 is 9.90 Å². The van der Waals surface area contributed by atoms with Crippen LogP contribution >= 0.6 is 23.2 Å². The van der Waals surface area contributed by atoms with Gasteiger partial charge in [0, 0.05) is 23.7 Å². The van der Waals surface area contributed by atoms with Gasteiger partial charge in [-0.05, 0) is 31.5 Å². The lowest BCUT2D eigenvalue weighted by atomic mass is 10.0. The Bertz CT molecular complexity index is 464. The predicted molar refractivity (Wildman–Crippen MR) is 72.5 cm³/mol. The van der Waals surface area contributed by atoms with Crippen molar-refractivity contribution >= 4 is 29.0 Å². The van der Waals surface area contributed by atoms with Crippen molar-refractivity contribution in [1.82, 2.24) is 4.90 Å². The molecule has 0 aliphatic carbocycles. The molecule has 1 aromatic carbocycles. The van der Waals surface area contributed by atoms with Crippen LogP contribution in [0.1, 0.15) is 23.7 Å². The average molecular weight is 288 g/mol. The zero-order valence-corrected chi connectivity index (χ0v) is 11.6. The highest BCUT2D eigenvalue weighted by Crippen LogP contribution is 2.24. The third-order valence-corrected chi connectivity index (χ3v) is 3.87. The van der Waals surface area contributed by atoms with Crippen molar-refractivity contribution in [3.63, 3.8) is 0 Å². The minimum Gasteiger partial charge on any atom is -0.392 e. The Balaban J connectivity index is 2.15. The van der Waals surface area contributed by atoms with Crippen molar-refractivity contribution in [3.8, 4) is 0 Å². The van der Waals surface area contributed by atoms with Gasteiger partial charge in [-0.3, -0.25) is 9.69 Å². The second kappa shape index (κ2) is 5.57. The Labute approximate surface area is 116 Å². The third kappa shape index (κ3) is 2.86. The van der Waals surface area contributed by atoms with E-state index in [1.807, 2.05) is 11.8 Å². The maximum atomic E-state index is 12.3. The summed E-state index contributed by atoms with van der Waals surface area (Å²) in [4.78, 5) is 14.3. The van der Waals surface area contributed by atoms with Crippen LogP contribution < -0.4 is 0 Å². The Hall–Kier alpha value is -0.610. The molecule has 1 saturated heterocycles. The number of Topliss-reactive ketones (excluding diaryl/α,β-unsaturated/α-hetero) is 1. The summed E-state index contributed by atoms with van der Waals surface area (Å²) in [5.41, 5.74) is 0.481. The lowest BCUT2D eigenvalue weighted by molar-refractivity contribution is 0.0847. The molecule has 2 rings (SSSR count). The Morgan fingerprint density at radius 1 is 1.50 bits per heavy atom. The van der Waals surface area contributed by atoms with Crippen molar-refractivity contribution in [3.05, 3.63) is 33.8 Å².